The van der Waals surface area contributed by atoms with Crippen molar-refractivity contribution in [1.29, 1.82) is 0 Å². The minimum absolute atomic E-state index is 0.214. The molecule has 0 aliphatic heterocycles. The molecule has 6 heteroatoms. The standard InChI is InChI=1S/C12H15ClN4S/c1-3-8-4-5-18-9(8)6-15-11-10(14)7(2)16-12(13)17-11/h4-5H,3,6,14H2,1-2H3,(H,15,16,17). The number of thiophene rings is 1. The average molecular weight is 283 g/mol. The molecule has 0 saturated carbocycles. The van der Waals surface area contributed by atoms with E-state index in [4.69, 9.17) is 17.3 Å². The Hall–Kier alpha value is -1.33. The van der Waals surface area contributed by atoms with Crippen molar-refractivity contribution in [1.82, 2.24) is 9.97 Å². The molecule has 0 amide bonds. The van der Waals surface area contributed by atoms with Crippen LogP contribution in [0.2, 0.25) is 5.28 Å². The second-order valence-corrected chi connectivity index (χ2v) is 5.26. The lowest BCUT2D eigenvalue weighted by Crippen LogP contribution is -2.07. The van der Waals surface area contributed by atoms with Crippen molar-refractivity contribution in [3.63, 3.8) is 0 Å². The molecule has 96 valence electrons. The van der Waals surface area contributed by atoms with Gasteiger partial charge >= 0.3 is 0 Å². The molecule has 2 heterocycles. The smallest absolute Gasteiger partial charge is 0.224 e. The van der Waals surface area contributed by atoms with E-state index >= 15 is 0 Å². The van der Waals surface area contributed by atoms with Gasteiger partial charge < -0.3 is 11.1 Å². The van der Waals surface area contributed by atoms with E-state index in [-0.39, 0.29) is 5.28 Å². The van der Waals surface area contributed by atoms with Gasteiger partial charge in [-0.1, -0.05) is 6.92 Å². The molecular weight excluding hydrogens is 268 g/mol. The molecule has 0 fully saturated rings. The fraction of sp³-hybridized carbons (Fsp3) is 0.333. The summed E-state index contributed by atoms with van der Waals surface area (Å²) in [5, 5.41) is 5.53. The average Bonchev–Trinajstić information content (AvgIpc) is 2.79. The van der Waals surface area contributed by atoms with Gasteiger partial charge in [0, 0.05) is 4.88 Å². The van der Waals surface area contributed by atoms with Crippen LogP contribution >= 0.6 is 22.9 Å². The molecule has 3 N–H and O–H groups in total. The number of nitrogens with zero attached hydrogens (tertiary/aromatic N) is 2. The fourth-order valence-corrected chi connectivity index (χ4v) is 2.81. The Bertz CT molecular complexity index is 553. The van der Waals surface area contributed by atoms with Crippen LogP contribution in [0.5, 0.6) is 0 Å². The van der Waals surface area contributed by atoms with Crippen molar-refractivity contribution < 1.29 is 0 Å². The van der Waals surface area contributed by atoms with E-state index in [0.717, 1.165) is 6.42 Å². The Morgan fingerprint density at radius 2 is 2.22 bits per heavy atom. The minimum Gasteiger partial charge on any atom is -0.394 e. The van der Waals surface area contributed by atoms with Crippen LogP contribution in [0.3, 0.4) is 0 Å². The van der Waals surface area contributed by atoms with Crippen LogP contribution in [0.15, 0.2) is 11.4 Å². The number of rotatable bonds is 4. The molecule has 0 aliphatic carbocycles. The van der Waals surface area contributed by atoms with E-state index in [2.05, 4.69) is 33.7 Å². The fourth-order valence-electron chi connectivity index (χ4n) is 1.68. The summed E-state index contributed by atoms with van der Waals surface area (Å²) in [5.41, 5.74) is 8.51. The van der Waals surface area contributed by atoms with Gasteiger partial charge in [0.1, 0.15) is 0 Å². The zero-order valence-electron chi connectivity index (χ0n) is 10.3. The van der Waals surface area contributed by atoms with Crippen LogP contribution in [0.4, 0.5) is 11.5 Å². The van der Waals surface area contributed by atoms with E-state index in [0.29, 0.717) is 23.7 Å². The number of aromatic nitrogens is 2. The van der Waals surface area contributed by atoms with Crippen molar-refractivity contribution in [2.45, 2.75) is 26.8 Å². The monoisotopic (exact) mass is 282 g/mol. The third-order valence-corrected chi connectivity index (χ3v) is 3.88. The molecule has 0 bridgehead atoms. The first-order chi connectivity index (χ1) is 8.61. The zero-order valence-corrected chi connectivity index (χ0v) is 11.9. The van der Waals surface area contributed by atoms with Crippen LogP contribution in [0.1, 0.15) is 23.1 Å². The molecule has 2 aromatic rings. The molecule has 2 aromatic heterocycles. The van der Waals surface area contributed by atoms with Gasteiger partial charge in [0.25, 0.3) is 0 Å². The summed E-state index contributed by atoms with van der Waals surface area (Å²) in [7, 11) is 0. The van der Waals surface area contributed by atoms with Gasteiger partial charge in [-0.05, 0) is 42.0 Å². The number of nitrogens with one attached hydrogen (secondary N) is 1. The lowest BCUT2D eigenvalue weighted by atomic mass is 10.2. The summed E-state index contributed by atoms with van der Waals surface area (Å²) in [6.45, 7) is 4.67. The topological polar surface area (TPSA) is 63.8 Å². The molecule has 4 nitrogen and oxygen atoms in total. The highest BCUT2D eigenvalue weighted by Gasteiger charge is 2.09. The summed E-state index contributed by atoms with van der Waals surface area (Å²) in [6.07, 6.45) is 1.03. The summed E-state index contributed by atoms with van der Waals surface area (Å²) in [5.74, 6) is 0.600. The van der Waals surface area contributed by atoms with Crippen LogP contribution in [-0.2, 0) is 13.0 Å². The Labute approximate surface area is 115 Å². The normalized spacial score (nSPS) is 10.6. The van der Waals surface area contributed by atoms with Gasteiger partial charge in [-0.15, -0.1) is 11.3 Å². The largest absolute Gasteiger partial charge is 0.394 e. The Morgan fingerprint density at radius 1 is 1.44 bits per heavy atom. The maximum atomic E-state index is 5.92. The van der Waals surface area contributed by atoms with Crippen LogP contribution < -0.4 is 11.1 Å². The predicted molar refractivity (Wildman–Crippen MR) is 77.2 cm³/mol. The minimum atomic E-state index is 0.214. The van der Waals surface area contributed by atoms with Gasteiger partial charge in [0.2, 0.25) is 5.28 Å². The highest BCUT2D eigenvalue weighted by atomic mass is 35.5. The van der Waals surface area contributed by atoms with Crippen molar-refractivity contribution in [3.05, 3.63) is 32.9 Å². The van der Waals surface area contributed by atoms with Crippen LogP contribution in [-0.4, -0.2) is 9.97 Å². The molecule has 0 unspecified atom stereocenters. The molecule has 0 aromatic carbocycles. The van der Waals surface area contributed by atoms with Crippen molar-refractivity contribution in [2.24, 2.45) is 0 Å². The molecule has 2 rings (SSSR count). The zero-order chi connectivity index (χ0) is 13.1. The van der Waals surface area contributed by atoms with Crippen LogP contribution in [0.25, 0.3) is 0 Å². The molecular formula is C12H15ClN4S. The molecule has 0 atom stereocenters. The summed E-state index contributed by atoms with van der Waals surface area (Å²) < 4.78 is 0. The Kier molecular flexibility index (Phi) is 4.04. The maximum absolute atomic E-state index is 5.92. The quantitative estimate of drug-likeness (QED) is 0.845. The lowest BCUT2D eigenvalue weighted by molar-refractivity contribution is 1.04. The Balaban J connectivity index is 2.16. The van der Waals surface area contributed by atoms with Crippen molar-refractivity contribution in [2.75, 3.05) is 11.1 Å². The van der Waals surface area contributed by atoms with E-state index in [1.165, 1.54) is 10.4 Å². The van der Waals surface area contributed by atoms with Gasteiger partial charge in [-0.3, -0.25) is 0 Å². The van der Waals surface area contributed by atoms with Crippen molar-refractivity contribution in [3.8, 4) is 0 Å². The SMILES string of the molecule is CCc1ccsc1CNc1nc(Cl)nc(C)c1N. The number of nitrogens with two attached hydrogens (primary N) is 1. The van der Waals surface area contributed by atoms with Crippen LogP contribution in [0, 0.1) is 6.92 Å². The van der Waals surface area contributed by atoms with E-state index in [1.807, 2.05) is 6.92 Å². The van der Waals surface area contributed by atoms with E-state index < -0.39 is 0 Å². The first-order valence-corrected chi connectivity index (χ1v) is 6.96. The molecule has 0 radical (unpaired) electrons. The summed E-state index contributed by atoms with van der Waals surface area (Å²) in [4.78, 5) is 9.41. The van der Waals surface area contributed by atoms with Gasteiger partial charge in [0.05, 0.1) is 17.9 Å². The number of hydrogen-bond donors (Lipinski definition) is 2. The number of anilines is 2. The number of nitrogen functional groups attached to an aromatic ring is 1. The number of aryl methyl sites for hydroxylation is 2. The van der Waals surface area contributed by atoms with E-state index in [9.17, 15) is 0 Å². The first kappa shape index (κ1) is 13.1. The van der Waals surface area contributed by atoms with E-state index in [1.54, 1.807) is 11.3 Å². The predicted octanol–water partition coefficient (Wildman–Crippen LogP) is 3.26. The maximum Gasteiger partial charge on any atom is 0.224 e. The molecule has 18 heavy (non-hydrogen) atoms. The van der Waals surface area contributed by atoms with Crippen molar-refractivity contribution >= 4 is 34.4 Å². The first-order valence-electron chi connectivity index (χ1n) is 5.70. The van der Waals surface area contributed by atoms with Gasteiger partial charge in [-0.2, -0.15) is 4.98 Å². The molecule has 0 saturated heterocycles. The third-order valence-electron chi connectivity index (χ3n) is 2.74. The second kappa shape index (κ2) is 5.54. The molecule has 0 aliphatic rings. The molecule has 0 spiro atoms. The number of hydrogen-bond acceptors (Lipinski definition) is 5. The highest BCUT2D eigenvalue weighted by molar-refractivity contribution is 7.10. The summed E-state index contributed by atoms with van der Waals surface area (Å²) in [6, 6.07) is 2.14. The van der Waals surface area contributed by atoms with Gasteiger partial charge in [-0.25, -0.2) is 4.98 Å². The van der Waals surface area contributed by atoms with Gasteiger partial charge in [0.15, 0.2) is 5.82 Å². The third kappa shape index (κ3) is 2.73. The number of halogens is 1. The lowest BCUT2D eigenvalue weighted by Gasteiger charge is -2.10. The summed E-state index contributed by atoms with van der Waals surface area (Å²) >= 11 is 7.55. The second-order valence-electron chi connectivity index (χ2n) is 3.92. The highest BCUT2D eigenvalue weighted by Crippen LogP contribution is 2.23. The Morgan fingerprint density at radius 3 is 2.94 bits per heavy atom.